The molecule has 0 aromatic carbocycles. The Morgan fingerprint density at radius 3 is 3.04 bits per heavy atom. The summed E-state index contributed by atoms with van der Waals surface area (Å²) in [5.41, 5.74) is 1.06. The van der Waals surface area contributed by atoms with Gasteiger partial charge < -0.3 is 14.4 Å². The Morgan fingerprint density at radius 2 is 2.29 bits per heavy atom. The summed E-state index contributed by atoms with van der Waals surface area (Å²) in [6.45, 7) is 4.08. The molecule has 2 saturated carbocycles. The van der Waals surface area contributed by atoms with E-state index in [0.717, 1.165) is 31.2 Å². The molecule has 0 spiro atoms. The summed E-state index contributed by atoms with van der Waals surface area (Å²) < 4.78 is 12.2. The third-order valence-corrected chi connectivity index (χ3v) is 5.73. The number of pyridine rings is 1. The van der Waals surface area contributed by atoms with E-state index >= 15 is 0 Å². The molecular weight excluding hydrogens is 304 g/mol. The molecule has 3 fully saturated rings. The lowest BCUT2D eigenvalue weighted by atomic mass is 9.75. The van der Waals surface area contributed by atoms with Crippen LogP contribution in [-0.4, -0.2) is 47.2 Å². The van der Waals surface area contributed by atoms with Crippen molar-refractivity contribution in [2.45, 2.75) is 57.5 Å². The van der Waals surface area contributed by atoms with Gasteiger partial charge in [-0.2, -0.15) is 0 Å². The first kappa shape index (κ1) is 16.0. The van der Waals surface area contributed by atoms with Crippen molar-refractivity contribution in [3.63, 3.8) is 0 Å². The molecule has 4 rings (SSSR count). The lowest BCUT2D eigenvalue weighted by Gasteiger charge is -2.39. The lowest BCUT2D eigenvalue weighted by molar-refractivity contribution is -0.144. The molecular formula is C19H26N2O3. The number of amides is 1. The van der Waals surface area contributed by atoms with Crippen molar-refractivity contribution in [3.05, 3.63) is 30.1 Å². The molecule has 130 valence electrons. The van der Waals surface area contributed by atoms with Gasteiger partial charge in [0, 0.05) is 24.9 Å². The summed E-state index contributed by atoms with van der Waals surface area (Å²) in [7, 11) is 0. The smallest absolute Gasteiger partial charge is 0.226 e. The Bertz CT molecular complexity index is 573. The molecule has 0 radical (unpaired) electrons. The van der Waals surface area contributed by atoms with Crippen LogP contribution in [0.2, 0.25) is 0 Å². The fourth-order valence-electron chi connectivity index (χ4n) is 4.40. The molecule has 1 aromatic heterocycles. The predicted octanol–water partition coefficient (Wildman–Crippen LogP) is 2.40. The van der Waals surface area contributed by atoms with E-state index in [2.05, 4.69) is 16.8 Å². The summed E-state index contributed by atoms with van der Waals surface area (Å²) in [6, 6.07) is 4.10. The third kappa shape index (κ3) is 3.07. The summed E-state index contributed by atoms with van der Waals surface area (Å²) in [4.78, 5) is 19.1. The van der Waals surface area contributed by atoms with Gasteiger partial charge in [-0.1, -0.05) is 13.0 Å². The van der Waals surface area contributed by atoms with Crippen LogP contribution in [0.5, 0.6) is 0 Å². The Kier molecular flexibility index (Phi) is 4.55. The molecule has 1 aliphatic heterocycles. The normalized spacial score (nSPS) is 35.4. The van der Waals surface area contributed by atoms with Gasteiger partial charge in [0.05, 0.1) is 25.4 Å². The number of fused-ring (bicyclic) bond motifs is 2. The summed E-state index contributed by atoms with van der Waals surface area (Å²) >= 11 is 0. The Labute approximate surface area is 143 Å². The second-order valence-electron chi connectivity index (χ2n) is 7.50. The van der Waals surface area contributed by atoms with Gasteiger partial charge in [0.1, 0.15) is 6.10 Å². The van der Waals surface area contributed by atoms with Crippen molar-refractivity contribution in [3.8, 4) is 0 Å². The molecule has 24 heavy (non-hydrogen) atoms. The van der Waals surface area contributed by atoms with Crippen LogP contribution < -0.4 is 0 Å². The van der Waals surface area contributed by atoms with E-state index in [1.165, 1.54) is 0 Å². The van der Waals surface area contributed by atoms with Crippen molar-refractivity contribution in [2.24, 2.45) is 11.8 Å². The minimum Gasteiger partial charge on any atom is -0.374 e. The monoisotopic (exact) mass is 330 g/mol. The van der Waals surface area contributed by atoms with Crippen LogP contribution in [0.15, 0.2) is 24.5 Å². The van der Waals surface area contributed by atoms with E-state index in [0.29, 0.717) is 31.6 Å². The van der Waals surface area contributed by atoms with E-state index < -0.39 is 0 Å². The highest BCUT2D eigenvalue weighted by Crippen LogP contribution is 2.38. The van der Waals surface area contributed by atoms with Crippen LogP contribution in [0.3, 0.4) is 0 Å². The first-order chi connectivity index (χ1) is 11.7. The van der Waals surface area contributed by atoms with Gasteiger partial charge in [-0.15, -0.1) is 0 Å². The number of ether oxygens (including phenoxy) is 2. The van der Waals surface area contributed by atoms with E-state index in [1.807, 2.05) is 18.3 Å². The number of carbonyl (C=O) groups excluding carboxylic acids is 1. The molecule has 1 amide bonds. The molecule has 2 aliphatic carbocycles. The number of rotatable bonds is 4. The average Bonchev–Trinajstić information content (AvgIpc) is 2.86. The Balaban J connectivity index is 1.44. The van der Waals surface area contributed by atoms with Gasteiger partial charge in [0.2, 0.25) is 5.91 Å². The van der Waals surface area contributed by atoms with Crippen molar-refractivity contribution in [2.75, 3.05) is 13.2 Å². The maximum Gasteiger partial charge on any atom is 0.226 e. The number of carbonyl (C=O) groups is 1. The number of hydrogen-bond donors (Lipinski definition) is 0. The average molecular weight is 330 g/mol. The van der Waals surface area contributed by atoms with Crippen LogP contribution in [0.1, 0.15) is 38.2 Å². The minimum atomic E-state index is -0.0193. The standard InChI is InChI=1S/C19H26N2O3/c1-13-9-15(10-13)19(22)21-7-8-23-17-5-4-16(21)18(17)24-12-14-3-2-6-20-11-14/h2-3,6,11,13,15-18H,4-5,7-10,12H2,1H3/t13?,15?,16-,17-,18-/m0/s1. The van der Waals surface area contributed by atoms with Gasteiger partial charge in [0.25, 0.3) is 0 Å². The summed E-state index contributed by atoms with van der Waals surface area (Å²) in [5, 5.41) is 0. The highest BCUT2D eigenvalue weighted by atomic mass is 16.5. The highest BCUT2D eigenvalue weighted by molar-refractivity contribution is 5.80. The Morgan fingerprint density at radius 1 is 1.42 bits per heavy atom. The molecule has 0 unspecified atom stereocenters. The number of aromatic nitrogens is 1. The van der Waals surface area contributed by atoms with E-state index in [4.69, 9.17) is 9.47 Å². The molecule has 5 heteroatoms. The van der Waals surface area contributed by atoms with Crippen LogP contribution in [0.4, 0.5) is 0 Å². The first-order valence-electron chi connectivity index (χ1n) is 9.15. The van der Waals surface area contributed by atoms with Gasteiger partial charge >= 0.3 is 0 Å². The maximum absolute atomic E-state index is 12.9. The number of hydrogen-bond acceptors (Lipinski definition) is 4. The third-order valence-electron chi connectivity index (χ3n) is 5.73. The SMILES string of the molecule is CC1CC(C(=O)N2CCO[C@H]3CC[C@H]2[C@@H]3OCc2cccnc2)C1. The lowest BCUT2D eigenvalue weighted by Crippen LogP contribution is -2.50. The topological polar surface area (TPSA) is 51.7 Å². The van der Waals surface area contributed by atoms with Crippen LogP contribution in [0, 0.1) is 11.8 Å². The van der Waals surface area contributed by atoms with Crippen molar-refractivity contribution >= 4 is 5.91 Å². The molecule has 0 N–H and O–H groups in total. The van der Waals surface area contributed by atoms with Crippen LogP contribution in [-0.2, 0) is 20.9 Å². The Hall–Kier alpha value is -1.46. The van der Waals surface area contributed by atoms with Gasteiger partial charge in [-0.05, 0) is 43.2 Å². The van der Waals surface area contributed by atoms with Crippen molar-refractivity contribution in [1.29, 1.82) is 0 Å². The summed E-state index contributed by atoms with van der Waals surface area (Å²) in [6.07, 6.45) is 7.73. The van der Waals surface area contributed by atoms with Gasteiger partial charge in [0.15, 0.2) is 0 Å². The van der Waals surface area contributed by atoms with Gasteiger partial charge in [-0.25, -0.2) is 0 Å². The molecule has 2 heterocycles. The first-order valence-corrected chi connectivity index (χ1v) is 9.15. The van der Waals surface area contributed by atoms with Crippen LogP contribution in [0.25, 0.3) is 0 Å². The molecule has 2 bridgehead atoms. The zero-order valence-electron chi connectivity index (χ0n) is 14.3. The molecule has 3 atom stereocenters. The van der Waals surface area contributed by atoms with E-state index in [-0.39, 0.29) is 24.2 Å². The molecule has 3 aliphatic rings. The van der Waals surface area contributed by atoms with Crippen LogP contribution >= 0.6 is 0 Å². The highest BCUT2D eigenvalue weighted by Gasteiger charge is 2.46. The molecule has 1 saturated heterocycles. The maximum atomic E-state index is 12.9. The fraction of sp³-hybridized carbons (Fsp3) is 0.684. The van der Waals surface area contributed by atoms with Gasteiger partial charge in [-0.3, -0.25) is 9.78 Å². The van der Waals surface area contributed by atoms with Crippen molar-refractivity contribution in [1.82, 2.24) is 9.88 Å². The second kappa shape index (κ2) is 6.81. The second-order valence-corrected chi connectivity index (χ2v) is 7.50. The van der Waals surface area contributed by atoms with E-state index in [1.54, 1.807) is 6.20 Å². The predicted molar refractivity (Wildman–Crippen MR) is 89.2 cm³/mol. The zero-order valence-corrected chi connectivity index (χ0v) is 14.3. The quantitative estimate of drug-likeness (QED) is 0.851. The number of nitrogens with zero attached hydrogens (tertiary/aromatic N) is 2. The van der Waals surface area contributed by atoms with Crippen molar-refractivity contribution < 1.29 is 14.3 Å². The zero-order chi connectivity index (χ0) is 16.5. The molecule has 1 aromatic rings. The largest absolute Gasteiger partial charge is 0.374 e. The summed E-state index contributed by atoms with van der Waals surface area (Å²) in [5.74, 6) is 1.23. The van der Waals surface area contributed by atoms with E-state index in [9.17, 15) is 4.79 Å². The minimum absolute atomic E-state index is 0.0193. The molecule has 5 nitrogen and oxygen atoms in total. The fourth-order valence-corrected chi connectivity index (χ4v) is 4.40.